The largest absolute Gasteiger partial charge is 0.477 e. The number of hydrogen-bond donors (Lipinski definition) is 1. The lowest BCUT2D eigenvalue weighted by atomic mass is 10.1. The Balaban J connectivity index is 2.36. The first kappa shape index (κ1) is 11.4. The number of nitrogens with zero attached hydrogens (tertiary/aromatic N) is 2. The van der Waals surface area contributed by atoms with Crippen LogP contribution < -0.4 is 4.74 Å². The molecular weight excluding hydrogens is 216 g/mol. The van der Waals surface area contributed by atoms with E-state index in [-0.39, 0.29) is 6.61 Å². The van der Waals surface area contributed by atoms with Crippen LogP contribution in [-0.2, 0) is 0 Å². The molecule has 17 heavy (non-hydrogen) atoms. The average molecular weight is 228 g/mol. The Hall–Kier alpha value is -2.12. The monoisotopic (exact) mass is 228 g/mol. The fraction of sp³-hybridized carbons (Fsp3) is 0.231. The second-order valence-corrected chi connectivity index (χ2v) is 3.57. The molecule has 0 saturated heterocycles. The first-order chi connectivity index (χ1) is 8.35. The predicted molar refractivity (Wildman–Crippen MR) is 63.7 cm³/mol. The van der Waals surface area contributed by atoms with Gasteiger partial charge in [0.2, 0.25) is 5.88 Å². The van der Waals surface area contributed by atoms with Gasteiger partial charge in [-0.25, -0.2) is 4.98 Å². The van der Waals surface area contributed by atoms with Gasteiger partial charge in [0.15, 0.2) is 0 Å². The van der Waals surface area contributed by atoms with Gasteiger partial charge >= 0.3 is 0 Å². The van der Waals surface area contributed by atoms with Crippen molar-refractivity contribution in [2.75, 3.05) is 13.2 Å². The topological polar surface area (TPSA) is 66.1 Å². The van der Waals surface area contributed by atoms with Crippen molar-refractivity contribution in [1.29, 1.82) is 5.26 Å². The molecule has 4 nitrogen and oxygen atoms in total. The smallest absolute Gasteiger partial charge is 0.232 e. The molecule has 0 fully saturated rings. The second kappa shape index (κ2) is 5.28. The molecule has 0 aliphatic heterocycles. The molecule has 1 heterocycles. The SMILES string of the molecule is N#Cc1cc2ccccc2nc1OCCCO. The quantitative estimate of drug-likeness (QED) is 0.811. The zero-order valence-corrected chi connectivity index (χ0v) is 9.26. The zero-order valence-electron chi connectivity index (χ0n) is 9.26. The highest BCUT2D eigenvalue weighted by Gasteiger charge is 2.07. The Morgan fingerprint density at radius 3 is 2.94 bits per heavy atom. The van der Waals surface area contributed by atoms with E-state index in [1.54, 1.807) is 6.07 Å². The molecule has 0 unspecified atom stereocenters. The van der Waals surface area contributed by atoms with Gasteiger partial charge in [-0.05, 0) is 12.1 Å². The minimum atomic E-state index is 0.0649. The Kier molecular flexibility index (Phi) is 3.53. The van der Waals surface area contributed by atoms with Crippen LogP contribution in [0.25, 0.3) is 10.9 Å². The van der Waals surface area contributed by atoms with Gasteiger partial charge in [-0.3, -0.25) is 0 Å². The van der Waals surface area contributed by atoms with Crippen molar-refractivity contribution < 1.29 is 9.84 Å². The third kappa shape index (κ3) is 2.52. The van der Waals surface area contributed by atoms with Crippen molar-refractivity contribution >= 4 is 10.9 Å². The van der Waals surface area contributed by atoms with Gasteiger partial charge < -0.3 is 9.84 Å². The van der Waals surface area contributed by atoms with Crippen LogP contribution in [-0.4, -0.2) is 23.3 Å². The lowest BCUT2D eigenvalue weighted by Crippen LogP contribution is -2.03. The van der Waals surface area contributed by atoms with Crippen LogP contribution in [0.5, 0.6) is 5.88 Å². The molecule has 2 aromatic rings. The summed E-state index contributed by atoms with van der Waals surface area (Å²) in [6.07, 6.45) is 0.527. The standard InChI is InChI=1S/C13H12N2O2/c14-9-11-8-10-4-1-2-5-12(10)15-13(11)17-7-3-6-16/h1-2,4-5,8,16H,3,6-7H2. The highest BCUT2D eigenvalue weighted by atomic mass is 16.5. The van der Waals surface area contributed by atoms with E-state index in [9.17, 15) is 0 Å². The van der Waals surface area contributed by atoms with Crippen molar-refractivity contribution in [1.82, 2.24) is 4.98 Å². The molecule has 1 aromatic carbocycles. The van der Waals surface area contributed by atoms with Gasteiger partial charge in [-0.2, -0.15) is 5.26 Å². The van der Waals surface area contributed by atoms with Crippen molar-refractivity contribution in [2.45, 2.75) is 6.42 Å². The van der Waals surface area contributed by atoms with Crippen LogP contribution in [0.15, 0.2) is 30.3 Å². The van der Waals surface area contributed by atoms with Crippen molar-refractivity contribution in [2.24, 2.45) is 0 Å². The molecule has 0 aliphatic rings. The highest BCUT2D eigenvalue weighted by molar-refractivity contribution is 5.80. The Labute approximate surface area is 99.1 Å². The van der Waals surface area contributed by atoms with E-state index in [1.807, 2.05) is 24.3 Å². The lowest BCUT2D eigenvalue weighted by molar-refractivity contribution is 0.229. The Morgan fingerprint density at radius 1 is 1.35 bits per heavy atom. The normalized spacial score (nSPS) is 10.1. The molecule has 1 aromatic heterocycles. The molecule has 4 heteroatoms. The molecule has 0 bridgehead atoms. The number of nitriles is 1. The van der Waals surface area contributed by atoms with E-state index in [2.05, 4.69) is 11.1 Å². The summed E-state index contributed by atoms with van der Waals surface area (Å²) < 4.78 is 5.38. The highest BCUT2D eigenvalue weighted by Crippen LogP contribution is 2.21. The van der Waals surface area contributed by atoms with Crippen LogP contribution in [0.4, 0.5) is 0 Å². The number of benzene rings is 1. The maximum atomic E-state index is 9.02. The summed E-state index contributed by atoms with van der Waals surface area (Å²) in [6, 6.07) is 11.4. The molecule has 0 amide bonds. The van der Waals surface area contributed by atoms with E-state index < -0.39 is 0 Å². The molecule has 86 valence electrons. The molecule has 0 saturated carbocycles. The van der Waals surface area contributed by atoms with E-state index in [0.29, 0.717) is 24.5 Å². The number of fused-ring (bicyclic) bond motifs is 1. The summed E-state index contributed by atoms with van der Waals surface area (Å²) in [5.74, 6) is 0.333. The second-order valence-electron chi connectivity index (χ2n) is 3.57. The molecule has 0 atom stereocenters. The maximum Gasteiger partial charge on any atom is 0.232 e. The number of para-hydroxylation sites is 1. The average Bonchev–Trinajstić information content (AvgIpc) is 2.38. The minimum Gasteiger partial charge on any atom is -0.477 e. The molecular formula is C13H12N2O2. The number of hydrogen-bond acceptors (Lipinski definition) is 4. The van der Waals surface area contributed by atoms with Crippen LogP contribution in [0.1, 0.15) is 12.0 Å². The zero-order chi connectivity index (χ0) is 12.1. The van der Waals surface area contributed by atoms with E-state index in [1.165, 1.54) is 0 Å². The van der Waals surface area contributed by atoms with Gasteiger partial charge in [0, 0.05) is 18.4 Å². The van der Waals surface area contributed by atoms with Crippen molar-refractivity contribution in [3.63, 3.8) is 0 Å². The third-order valence-corrected chi connectivity index (χ3v) is 2.35. The summed E-state index contributed by atoms with van der Waals surface area (Å²) in [7, 11) is 0. The molecule has 0 spiro atoms. The summed E-state index contributed by atoms with van der Waals surface area (Å²) in [6.45, 7) is 0.423. The maximum absolute atomic E-state index is 9.02. The van der Waals surface area contributed by atoms with Gasteiger partial charge in [-0.15, -0.1) is 0 Å². The van der Waals surface area contributed by atoms with Crippen LogP contribution in [0, 0.1) is 11.3 Å². The number of aliphatic hydroxyl groups excluding tert-OH is 1. The molecule has 2 rings (SSSR count). The number of aromatic nitrogens is 1. The van der Waals surface area contributed by atoms with Gasteiger partial charge in [0.25, 0.3) is 0 Å². The van der Waals surface area contributed by atoms with Gasteiger partial charge in [-0.1, -0.05) is 18.2 Å². The van der Waals surface area contributed by atoms with Crippen molar-refractivity contribution in [3.05, 3.63) is 35.9 Å². The first-order valence-electron chi connectivity index (χ1n) is 5.38. The predicted octanol–water partition coefficient (Wildman–Crippen LogP) is 1.87. The summed E-state index contributed by atoms with van der Waals surface area (Å²) in [4.78, 5) is 4.29. The third-order valence-electron chi connectivity index (χ3n) is 2.35. The first-order valence-corrected chi connectivity index (χ1v) is 5.38. The van der Waals surface area contributed by atoms with Crippen LogP contribution in [0.3, 0.4) is 0 Å². The summed E-state index contributed by atoms with van der Waals surface area (Å²) in [5.41, 5.74) is 1.21. The van der Waals surface area contributed by atoms with Gasteiger partial charge in [0.1, 0.15) is 11.6 Å². The fourth-order valence-electron chi connectivity index (χ4n) is 1.52. The Bertz CT molecular complexity index is 561. The van der Waals surface area contributed by atoms with Crippen molar-refractivity contribution in [3.8, 4) is 11.9 Å². The van der Waals surface area contributed by atoms with E-state index in [0.717, 1.165) is 10.9 Å². The van der Waals surface area contributed by atoms with E-state index in [4.69, 9.17) is 15.1 Å². The molecule has 0 aliphatic carbocycles. The summed E-state index contributed by atoms with van der Waals surface area (Å²) in [5, 5.41) is 18.6. The minimum absolute atomic E-state index is 0.0649. The molecule has 0 radical (unpaired) electrons. The number of pyridine rings is 1. The number of ether oxygens (including phenoxy) is 1. The van der Waals surface area contributed by atoms with Gasteiger partial charge in [0.05, 0.1) is 12.1 Å². The number of rotatable bonds is 4. The summed E-state index contributed by atoms with van der Waals surface area (Å²) >= 11 is 0. The van der Waals surface area contributed by atoms with E-state index >= 15 is 0 Å². The Morgan fingerprint density at radius 2 is 2.18 bits per heavy atom. The fourth-order valence-corrected chi connectivity index (χ4v) is 1.52. The van der Waals surface area contributed by atoms with Crippen LogP contribution >= 0.6 is 0 Å². The number of aliphatic hydroxyl groups is 1. The van der Waals surface area contributed by atoms with Crippen LogP contribution in [0.2, 0.25) is 0 Å². The lowest BCUT2D eigenvalue weighted by Gasteiger charge is -2.07. The molecule has 1 N–H and O–H groups in total.